The molecule has 0 heterocycles. The highest BCUT2D eigenvalue weighted by Crippen LogP contribution is 2.43. The SMILES string of the molecule is CCC(C)(C)C1CCC(C#N)C(N(C)C(C)CC(C)C)C1. The summed E-state index contributed by atoms with van der Waals surface area (Å²) in [5, 5.41) is 9.54. The Balaban J connectivity index is 2.82. The molecule has 0 radical (unpaired) electrons. The second-order valence-corrected chi connectivity index (χ2v) is 8.30. The molecule has 0 N–H and O–H groups in total. The van der Waals surface area contributed by atoms with Crippen LogP contribution in [0.2, 0.25) is 0 Å². The van der Waals surface area contributed by atoms with Crippen LogP contribution in [0.25, 0.3) is 0 Å². The maximum absolute atomic E-state index is 9.54. The smallest absolute Gasteiger partial charge is 0.0672 e. The Morgan fingerprint density at radius 2 is 1.86 bits per heavy atom. The number of hydrogen-bond acceptors (Lipinski definition) is 2. The second-order valence-electron chi connectivity index (χ2n) is 8.30. The third-order valence-corrected chi connectivity index (χ3v) is 6.03. The van der Waals surface area contributed by atoms with Crippen molar-refractivity contribution in [2.24, 2.45) is 23.2 Å². The normalized spacial score (nSPS) is 28.7. The van der Waals surface area contributed by atoms with Crippen molar-refractivity contribution in [2.75, 3.05) is 7.05 Å². The molecule has 4 unspecified atom stereocenters. The van der Waals surface area contributed by atoms with Gasteiger partial charge in [-0.1, -0.05) is 41.0 Å². The molecule has 0 spiro atoms. The lowest BCUT2D eigenvalue weighted by molar-refractivity contribution is 0.0429. The lowest BCUT2D eigenvalue weighted by Gasteiger charge is -2.46. The predicted octanol–water partition coefficient (Wildman–Crippen LogP) is 5.10. The van der Waals surface area contributed by atoms with E-state index < -0.39 is 0 Å². The molecule has 1 saturated carbocycles. The average Bonchev–Trinajstić information content (AvgIpc) is 2.44. The first-order chi connectivity index (χ1) is 9.72. The molecule has 2 nitrogen and oxygen atoms in total. The lowest BCUT2D eigenvalue weighted by atomic mass is 9.66. The molecule has 0 aromatic rings. The van der Waals surface area contributed by atoms with Gasteiger partial charge < -0.3 is 0 Å². The van der Waals surface area contributed by atoms with E-state index >= 15 is 0 Å². The Morgan fingerprint density at radius 3 is 2.33 bits per heavy atom. The quantitative estimate of drug-likeness (QED) is 0.681. The summed E-state index contributed by atoms with van der Waals surface area (Å²) in [7, 11) is 2.24. The van der Waals surface area contributed by atoms with Crippen LogP contribution in [0.4, 0.5) is 0 Å². The first-order valence-corrected chi connectivity index (χ1v) is 8.84. The molecule has 21 heavy (non-hydrogen) atoms. The summed E-state index contributed by atoms with van der Waals surface area (Å²) in [6.45, 7) is 14.0. The predicted molar refractivity (Wildman–Crippen MR) is 91.0 cm³/mol. The molecule has 0 aromatic heterocycles. The number of nitrogens with zero attached hydrogens (tertiary/aromatic N) is 2. The summed E-state index contributed by atoms with van der Waals surface area (Å²) in [6.07, 6.45) is 5.94. The third kappa shape index (κ3) is 4.71. The van der Waals surface area contributed by atoms with Crippen molar-refractivity contribution in [3.05, 3.63) is 0 Å². The van der Waals surface area contributed by atoms with E-state index in [0.717, 1.165) is 18.3 Å². The van der Waals surface area contributed by atoms with Crippen LogP contribution in [-0.2, 0) is 0 Å². The van der Waals surface area contributed by atoms with Gasteiger partial charge in [0.15, 0.2) is 0 Å². The molecule has 122 valence electrons. The van der Waals surface area contributed by atoms with Gasteiger partial charge in [0.1, 0.15) is 0 Å². The minimum atomic E-state index is 0.216. The van der Waals surface area contributed by atoms with E-state index in [-0.39, 0.29) is 5.92 Å². The van der Waals surface area contributed by atoms with Gasteiger partial charge in [0.05, 0.1) is 12.0 Å². The molecule has 1 aliphatic rings. The molecule has 1 fully saturated rings. The Hall–Kier alpha value is -0.550. The molecule has 0 aromatic carbocycles. The van der Waals surface area contributed by atoms with Crippen LogP contribution in [0.3, 0.4) is 0 Å². The molecule has 2 heteroatoms. The van der Waals surface area contributed by atoms with Gasteiger partial charge in [-0.3, -0.25) is 4.90 Å². The Labute approximate surface area is 132 Å². The summed E-state index contributed by atoms with van der Waals surface area (Å²) in [4.78, 5) is 2.51. The van der Waals surface area contributed by atoms with Crippen molar-refractivity contribution in [1.29, 1.82) is 5.26 Å². The molecule has 0 amide bonds. The van der Waals surface area contributed by atoms with Crippen LogP contribution in [0.15, 0.2) is 0 Å². The van der Waals surface area contributed by atoms with Gasteiger partial charge in [-0.15, -0.1) is 0 Å². The van der Waals surface area contributed by atoms with Crippen LogP contribution < -0.4 is 0 Å². The van der Waals surface area contributed by atoms with Gasteiger partial charge in [0.25, 0.3) is 0 Å². The molecular formula is C19H36N2. The van der Waals surface area contributed by atoms with E-state index in [2.05, 4.69) is 59.6 Å². The van der Waals surface area contributed by atoms with Crippen molar-refractivity contribution in [3.63, 3.8) is 0 Å². The Kier molecular flexibility index (Phi) is 6.72. The summed E-state index contributed by atoms with van der Waals surface area (Å²) < 4.78 is 0. The first kappa shape index (κ1) is 18.5. The standard InChI is InChI=1S/C19H36N2/c1-8-19(5,6)17-10-9-16(13-20)18(12-17)21(7)15(4)11-14(2)3/h14-18H,8-12H2,1-7H3. The second kappa shape index (κ2) is 7.63. The molecule has 0 aliphatic heterocycles. The molecule has 0 saturated heterocycles. The van der Waals surface area contributed by atoms with Crippen molar-refractivity contribution < 1.29 is 0 Å². The topological polar surface area (TPSA) is 27.0 Å². The highest BCUT2D eigenvalue weighted by atomic mass is 15.2. The molecule has 4 atom stereocenters. The summed E-state index contributed by atoms with van der Waals surface area (Å²) in [5.41, 5.74) is 0.404. The van der Waals surface area contributed by atoms with Crippen molar-refractivity contribution >= 4 is 0 Å². The van der Waals surface area contributed by atoms with Crippen molar-refractivity contribution in [1.82, 2.24) is 4.90 Å². The summed E-state index contributed by atoms with van der Waals surface area (Å²) in [6, 6.07) is 3.59. The number of nitriles is 1. The molecule has 1 rings (SSSR count). The van der Waals surface area contributed by atoms with Crippen LogP contribution in [0.1, 0.15) is 73.6 Å². The summed E-state index contributed by atoms with van der Waals surface area (Å²) >= 11 is 0. The van der Waals surface area contributed by atoms with Crippen molar-refractivity contribution in [3.8, 4) is 6.07 Å². The Bertz CT molecular complexity index is 353. The van der Waals surface area contributed by atoms with Gasteiger partial charge >= 0.3 is 0 Å². The maximum atomic E-state index is 9.54. The fraction of sp³-hybridized carbons (Fsp3) is 0.947. The van der Waals surface area contributed by atoms with Crippen LogP contribution in [0, 0.1) is 34.5 Å². The highest BCUT2D eigenvalue weighted by molar-refractivity contribution is 5.00. The fourth-order valence-corrected chi connectivity index (χ4v) is 3.92. The molecule has 0 bridgehead atoms. The van der Waals surface area contributed by atoms with Crippen LogP contribution in [0.5, 0.6) is 0 Å². The monoisotopic (exact) mass is 292 g/mol. The van der Waals surface area contributed by atoms with Gasteiger partial charge in [-0.2, -0.15) is 5.26 Å². The Morgan fingerprint density at radius 1 is 1.24 bits per heavy atom. The summed E-state index contributed by atoms with van der Waals surface area (Å²) in [5.74, 6) is 1.69. The van der Waals surface area contributed by atoms with E-state index in [1.165, 1.54) is 25.7 Å². The largest absolute Gasteiger partial charge is 0.299 e. The van der Waals surface area contributed by atoms with Gasteiger partial charge in [-0.25, -0.2) is 0 Å². The first-order valence-electron chi connectivity index (χ1n) is 8.84. The van der Waals surface area contributed by atoms with E-state index in [4.69, 9.17) is 0 Å². The number of rotatable bonds is 6. The number of hydrogen-bond donors (Lipinski definition) is 0. The van der Waals surface area contributed by atoms with Crippen LogP contribution >= 0.6 is 0 Å². The zero-order chi connectivity index (χ0) is 16.2. The van der Waals surface area contributed by atoms with E-state index in [9.17, 15) is 5.26 Å². The maximum Gasteiger partial charge on any atom is 0.0672 e. The van der Waals surface area contributed by atoms with Gasteiger partial charge in [0, 0.05) is 12.1 Å². The minimum absolute atomic E-state index is 0.216. The van der Waals surface area contributed by atoms with E-state index in [1.54, 1.807) is 0 Å². The van der Waals surface area contributed by atoms with Gasteiger partial charge in [-0.05, 0) is 56.9 Å². The lowest BCUT2D eigenvalue weighted by Crippen LogP contribution is -2.48. The average molecular weight is 293 g/mol. The highest BCUT2D eigenvalue weighted by Gasteiger charge is 2.39. The van der Waals surface area contributed by atoms with Crippen molar-refractivity contribution in [2.45, 2.75) is 85.7 Å². The van der Waals surface area contributed by atoms with Crippen LogP contribution in [-0.4, -0.2) is 24.0 Å². The molecule has 1 aliphatic carbocycles. The van der Waals surface area contributed by atoms with E-state index in [1.807, 2.05) is 0 Å². The van der Waals surface area contributed by atoms with E-state index in [0.29, 0.717) is 17.5 Å². The van der Waals surface area contributed by atoms with Gasteiger partial charge in [0.2, 0.25) is 0 Å². The minimum Gasteiger partial charge on any atom is -0.299 e. The third-order valence-electron chi connectivity index (χ3n) is 6.03. The fourth-order valence-electron chi connectivity index (χ4n) is 3.92. The molecular weight excluding hydrogens is 256 g/mol. The zero-order valence-electron chi connectivity index (χ0n) is 15.3. The zero-order valence-corrected chi connectivity index (χ0v) is 15.3.